The number of carboxylic acid groups (broad SMARTS) is 1. The Kier molecular flexibility index (Phi) is 35.3. The van der Waals surface area contributed by atoms with Crippen molar-refractivity contribution in [1.82, 2.24) is 5.32 Å². The number of esters is 1. The Morgan fingerprint density at radius 3 is 1.47 bits per heavy atom. The first-order valence-electron chi connectivity index (χ1n) is 23.9. The number of carbonyl (C=O) groups is 4. The number of carboxylic acids is 1. The van der Waals surface area contributed by atoms with Gasteiger partial charge in [-0.3, -0.25) is 4.79 Å². The second kappa shape index (κ2) is 39.2. The Balaban J connectivity index is 2.55. The molecule has 7 nitrogen and oxygen atoms in total. The van der Waals surface area contributed by atoms with E-state index in [4.69, 9.17) is 4.74 Å². The Labute approximate surface area is 365 Å². The highest BCUT2D eigenvalue weighted by Crippen LogP contribution is 2.20. The number of carbonyl (C=O) groups excluding carboxylic acids is 3. The predicted octanol–water partition coefficient (Wildman–Crippen LogP) is 14.6. The fraction of sp³-hybridized carbons (Fsp3) is 0.623. The molecule has 60 heavy (non-hydrogen) atoms. The molecular formula is C53H83NO6. The van der Waals surface area contributed by atoms with Gasteiger partial charge in [0.05, 0.1) is 5.56 Å². The third kappa shape index (κ3) is 30.1. The zero-order chi connectivity index (χ0) is 43.7. The van der Waals surface area contributed by atoms with Gasteiger partial charge in [0.25, 0.3) is 0 Å². The number of aliphatic carboxylic acids is 1. The van der Waals surface area contributed by atoms with Crippen LogP contribution in [-0.2, 0) is 25.7 Å². The van der Waals surface area contributed by atoms with Crippen LogP contribution in [-0.4, -0.2) is 35.3 Å². The van der Waals surface area contributed by atoms with Crippen molar-refractivity contribution in [2.24, 2.45) is 0 Å². The molecule has 0 aliphatic carbocycles. The lowest BCUT2D eigenvalue weighted by Crippen LogP contribution is -2.25. The van der Waals surface area contributed by atoms with Gasteiger partial charge >= 0.3 is 11.9 Å². The number of unbranched alkanes of at least 4 members (excludes halogenated alkanes) is 18. The number of amides is 1. The molecule has 336 valence electrons. The van der Waals surface area contributed by atoms with Gasteiger partial charge in [0.15, 0.2) is 0 Å². The molecule has 1 amide bonds. The molecule has 0 fully saturated rings. The highest BCUT2D eigenvalue weighted by atomic mass is 16.5. The molecule has 2 N–H and O–H groups in total. The van der Waals surface area contributed by atoms with Gasteiger partial charge in [0.2, 0.25) is 5.91 Å². The Bertz CT molecular complexity index is 1370. The monoisotopic (exact) mass is 830 g/mol. The van der Waals surface area contributed by atoms with Crippen molar-refractivity contribution in [3.05, 3.63) is 95.1 Å². The van der Waals surface area contributed by atoms with E-state index in [9.17, 15) is 24.3 Å². The van der Waals surface area contributed by atoms with Crippen LogP contribution in [0.1, 0.15) is 216 Å². The van der Waals surface area contributed by atoms with Crippen LogP contribution in [0.15, 0.2) is 84.0 Å². The molecule has 0 bridgehead atoms. The Morgan fingerprint density at radius 1 is 0.600 bits per heavy atom. The quantitative estimate of drug-likeness (QED) is 0.0225. The number of benzene rings is 1. The normalized spacial score (nSPS) is 12.3. The van der Waals surface area contributed by atoms with Gasteiger partial charge in [0, 0.05) is 24.1 Å². The molecule has 0 spiro atoms. The molecule has 0 radical (unpaired) electrons. The SMILES string of the molecule is CCCCC/C=C\C/C=C\CCCCCCCCC(CCCCCCCC/C=C\C/C=C\CCCCC)OC(=O)c1ccc(CNC(=O)/C(C)=C(/CCC=O)C(=O)O)cc1. The third-order valence-electron chi connectivity index (χ3n) is 10.9. The summed E-state index contributed by atoms with van der Waals surface area (Å²) in [6.45, 7) is 6.11. The Morgan fingerprint density at radius 2 is 1.03 bits per heavy atom. The van der Waals surface area contributed by atoms with E-state index in [0.29, 0.717) is 11.8 Å². The minimum absolute atomic E-state index is 0.00173. The van der Waals surface area contributed by atoms with Gasteiger partial charge in [-0.1, -0.05) is 152 Å². The summed E-state index contributed by atoms with van der Waals surface area (Å²) >= 11 is 0. The number of allylic oxidation sites excluding steroid dienone is 8. The van der Waals surface area contributed by atoms with E-state index in [0.717, 1.165) is 69.8 Å². The number of nitrogens with one attached hydrogen (secondary N) is 1. The minimum Gasteiger partial charge on any atom is -0.478 e. The van der Waals surface area contributed by atoms with Gasteiger partial charge in [-0.2, -0.15) is 0 Å². The van der Waals surface area contributed by atoms with Gasteiger partial charge < -0.3 is 20.0 Å². The van der Waals surface area contributed by atoms with E-state index < -0.39 is 11.9 Å². The molecule has 0 saturated carbocycles. The number of ether oxygens (including phenoxy) is 1. The highest BCUT2D eigenvalue weighted by Gasteiger charge is 2.18. The molecule has 0 unspecified atom stereocenters. The van der Waals surface area contributed by atoms with E-state index in [1.807, 2.05) is 0 Å². The Hall–Kier alpha value is -4.00. The number of hydrogen-bond donors (Lipinski definition) is 2. The summed E-state index contributed by atoms with van der Waals surface area (Å²) in [6, 6.07) is 7.00. The van der Waals surface area contributed by atoms with Crippen LogP contribution < -0.4 is 5.32 Å². The van der Waals surface area contributed by atoms with E-state index in [1.165, 1.54) is 110 Å². The smallest absolute Gasteiger partial charge is 0.338 e. The molecule has 0 aromatic heterocycles. The van der Waals surface area contributed by atoms with Crippen molar-refractivity contribution in [3.8, 4) is 0 Å². The minimum atomic E-state index is -1.21. The number of rotatable bonds is 39. The van der Waals surface area contributed by atoms with Crippen LogP contribution in [0, 0.1) is 0 Å². The molecule has 1 aromatic carbocycles. The molecule has 1 rings (SSSR count). The first-order chi connectivity index (χ1) is 29.3. The lowest BCUT2D eigenvalue weighted by molar-refractivity contribution is -0.133. The van der Waals surface area contributed by atoms with Crippen LogP contribution >= 0.6 is 0 Å². The predicted molar refractivity (Wildman–Crippen MR) is 251 cm³/mol. The zero-order valence-corrected chi connectivity index (χ0v) is 38.1. The highest BCUT2D eigenvalue weighted by molar-refractivity contribution is 6.01. The molecule has 0 saturated heterocycles. The fourth-order valence-electron chi connectivity index (χ4n) is 7.07. The van der Waals surface area contributed by atoms with Crippen molar-refractivity contribution >= 4 is 24.1 Å². The summed E-state index contributed by atoms with van der Waals surface area (Å²) in [5.74, 6) is -2.03. The molecule has 0 atom stereocenters. The summed E-state index contributed by atoms with van der Waals surface area (Å²) < 4.78 is 6.12. The first kappa shape index (κ1) is 54.0. The zero-order valence-electron chi connectivity index (χ0n) is 38.1. The topological polar surface area (TPSA) is 110 Å². The summed E-state index contributed by atoms with van der Waals surface area (Å²) in [4.78, 5) is 48.2. The second-order valence-electron chi connectivity index (χ2n) is 16.3. The fourth-order valence-corrected chi connectivity index (χ4v) is 7.07. The van der Waals surface area contributed by atoms with Crippen molar-refractivity contribution < 1.29 is 29.0 Å². The largest absolute Gasteiger partial charge is 0.478 e. The van der Waals surface area contributed by atoms with Gasteiger partial charge in [-0.05, 0) is 121 Å². The average molecular weight is 830 g/mol. The number of hydrogen-bond acceptors (Lipinski definition) is 5. The van der Waals surface area contributed by atoms with E-state index in [-0.39, 0.29) is 42.6 Å². The van der Waals surface area contributed by atoms with Gasteiger partial charge in [-0.25, -0.2) is 9.59 Å². The molecule has 7 heteroatoms. The third-order valence-corrected chi connectivity index (χ3v) is 10.9. The van der Waals surface area contributed by atoms with Crippen LogP contribution in [0.25, 0.3) is 0 Å². The van der Waals surface area contributed by atoms with Gasteiger partial charge in [-0.15, -0.1) is 0 Å². The van der Waals surface area contributed by atoms with Crippen molar-refractivity contribution in [2.45, 2.75) is 213 Å². The molecule has 0 aliphatic rings. The van der Waals surface area contributed by atoms with Crippen LogP contribution in [0.4, 0.5) is 0 Å². The summed E-state index contributed by atoms with van der Waals surface area (Å²) in [7, 11) is 0. The van der Waals surface area contributed by atoms with E-state index in [2.05, 4.69) is 67.8 Å². The summed E-state index contributed by atoms with van der Waals surface area (Å²) in [5, 5.41) is 12.2. The number of aldehydes is 1. The maximum absolute atomic E-state index is 13.3. The molecular weight excluding hydrogens is 747 g/mol. The summed E-state index contributed by atoms with van der Waals surface area (Å²) in [5.41, 5.74) is 1.26. The van der Waals surface area contributed by atoms with Crippen molar-refractivity contribution in [2.75, 3.05) is 0 Å². The molecule has 1 aromatic rings. The van der Waals surface area contributed by atoms with Gasteiger partial charge in [0.1, 0.15) is 12.4 Å². The first-order valence-corrected chi connectivity index (χ1v) is 23.9. The van der Waals surface area contributed by atoms with Crippen LogP contribution in [0.2, 0.25) is 0 Å². The second-order valence-corrected chi connectivity index (χ2v) is 16.3. The standard InChI is InChI=1S/C53H83NO6/c1-4-6-8-10-12-14-16-18-20-22-24-26-28-30-32-34-37-49(38-35-33-31-29-27-25-23-21-19-17-15-13-11-9-7-5-2)60-53(59)48-42-40-47(41-43-48)45-54-51(56)46(3)50(52(57)58)39-36-44-55/h12-15,18-21,40-44,49H,4-11,16-17,22-39,45H2,1-3H3,(H,54,56)(H,57,58)/b14-12-,15-13-,20-18-,21-19-,50-46-. The van der Waals surface area contributed by atoms with E-state index >= 15 is 0 Å². The molecule has 0 heterocycles. The van der Waals surface area contributed by atoms with Crippen molar-refractivity contribution in [1.29, 1.82) is 0 Å². The lowest BCUT2D eigenvalue weighted by Gasteiger charge is -2.18. The summed E-state index contributed by atoms with van der Waals surface area (Å²) in [6.07, 6.45) is 49.6. The average Bonchev–Trinajstić information content (AvgIpc) is 3.25. The van der Waals surface area contributed by atoms with E-state index in [1.54, 1.807) is 24.3 Å². The maximum Gasteiger partial charge on any atom is 0.338 e. The van der Waals surface area contributed by atoms with Crippen molar-refractivity contribution in [3.63, 3.8) is 0 Å². The molecule has 0 aliphatic heterocycles. The lowest BCUT2D eigenvalue weighted by atomic mass is 10.0. The maximum atomic E-state index is 13.3. The van der Waals surface area contributed by atoms with Crippen LogP contribution in [0.5, 0.6) is 0 Å². The van der Waals surface area contributed by atoms with Crippen LogP contribution in [0.3, 0.4) is 0 Å².